The van der Waals surface area contributed by atoms with Gasteiger partial charge in [-0.25, -0.2) is 0 Å². The van der Waals surface area contributed by atoms with E-state index in [0.29, 0.717) is 59.2 Å². The molecule has 0 atom stereocenters. The quantitative estimate of drug-likeness (QED) is 0.201. The molecule has 0 bridgehead atoms. The Hall–Kier alpha value is -3.34. The van der Waals surface area contributed by atoms with E-state index < -0.39 is 0 Å². The number of nitrogens with zero attached hydrogens (tertiary/aromatic N) is 2. The molecular formula is C32H38N4O4S. The van der Waals surface area contributed by atoms with Gasteiger partial charge in [0.2, 0.25) is 5.91 Å². The number of thiol groups is 1. The third-order valence-corrected chi connectivity index (χ3v) is 7.53. The Labute approximate surface area is 247 Å². The lowest BCUT2D eigenvalue weighted by atomic mass is 9.96. The second kappa shape index (κ2) is 14.5. The number of hydrogen-bond acceptors (Lipinski definition) is 8. The molecule has 0 aliphatic carbocycles. The number of benzene rings is 3. The van der Waals surface area contributed by atoms with Crippen LogP contribution in [0.4, 0.5) is 5.69 Å². The summed E-state index contributed by atoms with van der Waals surface area (Å²) in [6.45, 7) is 6.18. The van der Waals surface area contributed by atoms with E-state index in [4.69, 9.17) is 14.2 Å². The Morgan fingerprint density at radius 3 is 2.24 bits per heavy atom. The minimum atomic E-state index is 0.0957. The summed E-state index contributed by atoms with van der Waals surface area (Å²) in [7, 11) is 0. The van der Waals surface area contributed by atoms with Gasteiger partial charge in [0.1, 0.15) is 0 Å². The van der Waals surface area contributed by atoms with Gasteiger partial charge in [-0.3, -0.25) is 9.80 Å². The second-order valence-electron chi connectivity index (χ2n) is 9.87. The molecule has 3 aromatic carbocycles. The number of carbonyl (C=O) groups is 1. The van der Waals surface area contributed by atoms with Gasteiger partial charge in [0, 0.05) is 23.3 Å². The van der Waals surface area contributed by atoms with Crippen LogP contribution in [0.1, 0.15) is 41.2 Å². The molecule has 0 spiro atoms. The lowest BCUT2D eigenvalue weighted by Crippen LogP contribution is -2.39. The number of nitrogens with one attached hydrogen (secondary N) is 2. The Morgan fingerprint density at radius 2 is 1.49 bits per heavy atom. The molecule has 0 aromatic heterocycles. The van der Waals surface area contributed by atoms with Gasteiger partial charge >= 0.3 is 0 Å². The van der Waals surface area contributed by atoms with Gasteiger partial charge in [0.15, 0.2) is 0 Å². The Kier molecular flexibility index (Phi) is 10.3. The maximum Gasteiger partial charge on any atom is 0.227 e. The van der Waals surface area contributed by atoms with Gasteiger partial charge in [-0.1, -0.05) is 73.7 Å². The van der Waals surface area contributed by atoms with Crippen LogP contribution in [-0.4, -0.2) is 50.5 Å². The molecule has 2 aliphatic heterocycles. The molecule has 2 N–H and O–H groups in total. The number of rotatable bonds is 13. The van der Waals surface area contributed by atoms with Crippen molar-refractivity contribution in [2.45, 2.75) is 32.2 Å². The zero-order valence-electron chi connectivity index (χ0n) is 23.5. The predicted octanol–water partition coefficient (Wildman–Crippen LogP) is 4.77. The van der Waals surface area contributed by atoms with Crippen LogP contribution in [0.25, 0.3) is 11.4 Å². The number of para-hydroxylation sites is 1. The maximum atomic E-state index is 13.0. The number of ether oxygens (including phenoxy) is 3. The van der Waals surface area contributed by atoms with Gasteiger partial charge in [0.25, 0.3) is 0 Å². The normalized spacial score (nSPS) is 14.2. The first-order valence-corrected chi connectivity index (χ1v) is 14.8. The standard InChI is InChI=1S/C32H38N4O4S/c1-2-30(37)35-21-26-7-3-4-8-27(26)31-32(28-9-5-6-10-29(28)35)36(34-33-31)15-16-38-17-18-39-19-20-40-22-24-11-13-25(23-41)14-12-24/h3-14,33-34,41H,2,15-23H2,1H3. The van der Waals surface area contributed by atoms with Crippen LogP contribution in [0.3, 0.4) is 0 Å². The Balaban J connectivity index is 1.13. The summed E-state index contributed by atoms with van der Waals surface area (Å²) in [5, 5.41) is 2.06. The van der Waals surface area contributed by atoms with Crippen LogP contribution in [0.5, 0.6) is 0 Å². The first kappa shape index (κ1) is 29.2. The molecule has 0 saturated heterocycles. The van der Waals surface area contributed by atoms with Crippen LogP contribution in [-0.2, 0) is 37.9 Å². The molecule has 3 aromatic rings. The summed E-state index contributed by atoms with van der Waals surface area (Å²) >= 11 is 4.28. The number of hydrogen-bond donors (Lipinski definition) is 3. The molecule has 9 heteroatoms. The molecule has 0 fully saturated rings. The lowest BCUT2D eigenvalue weighted by molar-refractivity contribution is -0.118. The number of carbonyl (C=O) groups excluding carboxylic acids is 1. The molecule has 2 aliphatic rings. The minimum absolute atomic E-state index is 0.0957. The highest BCUT2D eigenvalue weighted by Gasteiger charge is 2.32. The third-order valence-electron chi connectivity index (χ3n) is 7.17. The average molecular weight is 575 g/mol. The smallest absolute Gasteiger partial charge is 0.227 e. The molecule has 216 valence electrons. The van der Waals surface area contributed by atoms with Crippen molar-refractivity contribution in [1.29, 1.82) is 0 Å². The van der Waals surface area contributed by atoms with Crippen molar-refractivity contribution < 1.29 is 19.0 Å². The molecule has 2 heterocycles. The fraction of sp³-hybridized carbons (Fsp3) is 0.344. The van der Waals surface area contributed by atoms with E-state index in [1.54, 1.807) is 0 Å². The van der Waals surface area contributed by atoms with Gasteiger partial charge in [-0.05, 0) is 22.8 Å². The highest BCUT2D eigenvalue weighted by molar-refractivity contribution is 7.79. The van der Waals surface area contributed by atoms with E-state index in [1.807, 2.05) is 42.2 Å². The van der Waals surface area contributed by atoms with Crippen molar-refractivity contribution in [2.75, 3.05) is 44.5 Å². The molecular weight excluding hydrogens is 536 g/mol. The highest BCUT2D eigenvalue weighted by Crippen LogP contribution is 2.39. The molecule has 0 saturated carbocycles. The minimum Gasteiger partial charge on any atom is -0.377 e. The van der Waals surface area contributed by atoms with Gasteiger partial charge in [-0.15, -0.1) is 5.53 Å². The van der Waals surface area contributed by atoms with E-state index in [-0.39, 0.29) is 5.91 Å². The third kappa shape index (κ3) is 7.12. The molecule has 41 heavy (non-hydrogen) atoms. The van der Waals surface area contributed by atoms with Crippen molar-refractivity contribution in [2.24, 2.45) is 0 Å². The molecule has 1 amide bonds. The topological polar surface area (TPSA) is 75.3 Å². The molecule has 0 unspecified atom stereocenters. The van der Waals surface area contributed by atoms with Crippen molar-refractivity contribution in [1.82, 2.24) is 16.0 Å². The highest BCUT2D eigenvalue weighted by atomic mass is 32.1. The Bertz CT molecular complexity index is 1350. The summed E-state index contributed by atoms with van der Waals surface area (Å²) < 4.78 is 17.3. The van der Waals surface area contributed by atoms with Gasteiger partial charge in [-0.2, -0.15) is 12.6 Å². The summed E-state index contributed by atoms with van der Waals surface area (Å²) in [5.41, 5.74) is 15.1. The molecule has 5 rings (SSSR count). The van der Waals surface area contributed by atoms with E-state index in [9.17, 15) is 4.79 Å². The Morgan fingerprint density at radius 1 is 0.829 bits per heavy atom. The average Bonchev–Trinajstić information content (AvgIpc) is 3.43. The lowest BCUT2D eigenvalue weighted by Gasteiger charge is -2.30. The van der Waals surface area contributed by atoms with Crippen LogP contribution in [0, 0.1) is 0 Å². The summed E-state index contributed by atoms with van der Waals surface area (Å²) in [5.74, 6) is 0.836. The number of amides is 1. The van der Waals surface area contributed by atoms with E-state index in [2.05, 4.69) is 71.1 Å². The van der Waals surface area contributed by atoms with Crippen molar-refractivity contribution in [3.8, 4) is 0 Å². The van der Waals surface area contributed by atoms with Crippen LogP contribution in [0.15, 0.2) is 72.8 Å². The zero-order chi connectivity index (χ0) is 28.4. The fourth-order valence-electron chi connectivity index (χ4n) is 5.02. The SMILES string of the molecule is CCC(=O)N1Cc2ccccc2C2=C(c3ccccc31)N(CCOCCOCCOCc1ccc(CS)cc1)NN2. The van der Waals surface area contributed by atoms with Crippen LogP contribution >= 0.6 is 12.6 Å². The van der Waals surface area contributed by atoms with Crippen molar-refractivity contribution >= 4 is 35.6 Å². The second-order valence-corrected chi connectivity index (χ2v) is 10.2. The summed E-state index contributed by atoms with van der Waals surface area (Å²) in [4.78, 5) is 14.9. The first-order valence-electron chi connectivity index (χ1n) is 14.1. The number of anilines is 1. The number of fused-ring (bicyclic) bond motifs is 4. The molecule has 8 nitrogen and oxygen atoms in total. The molecule has 0 radical (unpaired) electrons. The van der Waals surface area contributed by atoms with E-state index in [1.165, 1.54) is 5.56 Å². The van der Waals surface area contributed by atoms with E-state index >= 15 is 0 Å². The largest absolute Gasteiger partial charge is 0.377 e. The monoisotopic (exact) mass is 574 g/mol. The first-order chi connectivity index (χ1) is 20.2. The summed E-state index contributed by atoms with van der Waals surface area (Å²) in [6.07, 6.45) is 0.440. The maximum absolute atomic E-state index is 13.0. The number of hydrazine groups is 2. The zero-order valence-corrected chi connectivity index (χ0v) is 24.4. The summed E-state index contributed by atoms with van der Waals surface area (Å²) in [6, 6.07) is 24.6. The van der Waals surface area contributed by atoms with Gasteiger partial charge in [0.05, 0.1) is 69.8 Å². The van der Waals surface area contributed by atoms with Gasteiger partial charge < -0.3 is 24.5 Å². The van der Waals surface area contributed by atoms with Crippen LogP contribution < -0.4 is 15.9 Å². The van der Waals surface area contributed by atoms with Crippen molar-refractivity contribution in [3.63, 3.8) is 0 Å². The van der Waals surface area contributed by atoms with Crippen LogP contribution in [0.2, 0.25) is 0 Å². The fourth-order valence-corrected chi connectivity index (χ4v) is 5.23. The van der Waals surface area contributed by atoms with E-state index in [0.717, 1.165) is 45.1 Å². The predicted molar refractivity (Wildman–Crippen MR) is 165 cm³/mol. The van der Waals surface area contributed by atoms with Crippen molar-refractivity contribution in [3.05, 3.63) is 101 Å².